The Morgan fingerprint density at radius 1 is 1.39 bits per heavy atom. The van der Waals surface area contributed by atoms with E-state index in [1.807, 2.05) is 16.9 Å². The first-order chi connectivity index (χ1) is 8.56. The number of rotatable bonds is 4. The average Bonchev–Trinajstić information content (AvgIpc) is 2.76. The van der Waals surface area contributed by atoms with Gasteiger partial charge in [0.15, 0.2) is 0 Å². The molecule has 0 aliphatic carbocycles. The summed E-state index contributed by atoms with van der Waals surface area (Å²) in [5, 5.41) is 4.37. The normalized spacial score (nSPS) is 10.9. The molecule has 0 saturated carbocycles. The minimum absolute atomic E-state index is 0.293. The molecule has 18 heavy (non-hydrogen) atoms. The lowest BCUT2D eigenvalue weighted by Gasteiger charge is -2.07. The maximum absolute atomic E-state index is 12.9. The summed E-state index contributed by atoms with van der Waals surface area (Å²) in [5.41, 5.74) is 0.847. The standard InChI is InChI=1S/C13H14BrFN2O/c1-9(2)17-6-5-11(16-17)8-18-13-4-3-10(15)7-12(13)14/h3-7,9H,8H2,1-2H3. The molecule has 0 fully saturated rings. The fraction of sp³-hybridized carbons (Fsp3) is 0.308. The monoisotopic (exact) mass is 312 g/mol. The Kier molecular flexibility index (Phi) is 4.01. The molecule has 0 aliphatic heterocycles. The number of ether oxygens (including phenoxy) is 1. The third-order valence-corrected chi connectivity index (χ3v) is 3.08. The second kappa shape index (κ2) is 5.52. The van der Waals surface area contributed by atoms with E-state index in [4.69, 9.17) is 4.74 Å². The Balaban J connectivity index is 2.02. The molecule has 0 unspecified atom stereocenters. The summed E-state index contributed by atoms with van der Waals surface area (Å²) in [7, 11) is 0. The highest BCUT2D eigenvalue weighted by Gasteiger charge is 2.05. The van der Waals surface area contributed by atoms with Crippen molar-refractivity contribution in [1.29, 1.82) is 0 Å². The summed E-state index contributed by atoms with van der Waals surface area (Å²) < 4.78 is 21.0. The molecular formula is C13H14BrFN2O. The van der Waals surface area contributed by atoms with Crippen molar-refractivity contribution in [2.45, 2.75) is 26.5 Å². The van der Waals surface area contributed by atoms with Crippen molar-refractivity contribution in [3.63, 3.8) is 0 Å². The van der Waals surface area contributed by atoms with E-state index in [2.05, 4.69) is 34.9 Å². The summed E-state index contributed by atoms with van der Waals surface area (Å²) in [6, 6.07) is 6.59. The minimum Gasteiger partial charge on any atom is -0.486 e. The third kappa shape index (κ3) is 3.10. The molecule has 5 heteroatoms. The van der Waals surface area contributed by atoms with Crippen LogP contribution in [0.1, 0.15) is 25.6 Å². The van der Waals surface area contributed by atoms with Crippen LogP contribution in [0.5, 0.6) is 5.75 Å². The molecule has 1 aromatic carbocycles. The first kappa shape index (κ1) is 13.1. The highest BCUT2D eigenvalue weighted by Crippen LogP contribution is 2.26. The molecule has 0 bridgehead atoms. The lowest BCUT2D eigenvalue weighted by Crippen LogP contribution is -2.03. The van der Waals surface area contributed by atoms with Gasteiger partial charge in [-0.05, 0) is 54.0 Å². The lowest BCUT2D eigenvalue weighted by atomic mass is 10.3. The minimum atomic E-state index is -0.293. The largest absolute Gasteiger partial charge is 0.486 e. The van der Waals surface area contributed by atoms with Crippen molar-refractivity contribution in [3.05, 3.63) is 46.4 Å². The maximum Gasteiger partial charge on any atom is 0.134 e. The molecular weight excluding hydrogens is 299 g/mol. The average molecular weight is 313 g/mol. The molecule has 2 aromatic rings. The lowest BCUT2D eigenvalue weighted by molar-refractivity contribution is 0.296. The van der Waals surface area contributed by atoms with Gasteiger partial charge in [-0.2, -0.15) is 5.10 Å². The second-order valence-corrected chi connectivity index (χ2v) is 5.10. The molecule has 96 valence electrons. The highest BCUT2D eigenvalue weighted by atomic mass is 79.9. The summed E-state index contributed by atoms with van der Waals surface area (Å²) in [6.45, 7) is 4.49. The number of benzene rings is 1. The van der Waals surface area contributed by atoms with Crippen LogP contribution in [0.3, 0.4) is 0 Å². The van der Waals surface area contributed by atoms with Crippen LogP contribution in [0.25, 0.3) is 0 Å². The number of aromatic nitrogens is 2. The van der Waals surface area contributed by atoms with Crippen molar-refractivity contribution in [3.8, 4) is 5.75 Å². The van der Waals surface area contributed by atoms with Gasteiger partial charge in [0.05, 0.1) is 10.2 Å². The molecule has 0 saturated heterocycles. The first-order valence-corrected chi connectivity index (χ1v) is 6.47. The van der Waals surface area contributed by atoms with E-state index < -0.39 is 0 Å². The molecule has 1 aromatic heterocycles. The zero-order chi connectivity index (χ0) is 13.1. The molecule has 1 heterocycles. The summed E-state index contributed by atoms with van der Waals surface area (Å²) in [5.74, 6) is 0.314. The molecule has 0 amide bonds. The number of nitrogens with zero attached hydrogens (tertiary/aromatic N) is 2. The molecule has 0 radical (unpaired) electrons. The van der Waals surface area contributed by atoms with Crippen molar-refractivity contribution in [2.75, 3.05) is 0 Å². The SMILES string of the molecule is CC(C)n1ccc(COc2ccc(F)cc2Br)n1. The predicted octanol–water partition coefficient (Wildman–Crippen LogP) is 3.94. The molecule has 2 rings (SSSR count). The van der Waals surface area contributed by atoms with Crippen molar-refractivity contribution >= 4 is 15.9 Å². The van der Waals surface area contributed by atoms with Crippen molar-refractivity contribution < 1.29 is 9.13 Å². The zero-order valence-electron chi connectivity index (χ0n) is 10.2. The van der Waals surface area contributed by atoms with Gasteiger partial charge in [-0.25, -0.2) is 4.39 Å². The van der Waals surface area contributed by atoms with Crippen LogP contribution in [0, 0.1) is 5.82 Å². The van der Waals surface area contributed by atoms with Crippen LogP contribution in [-0.2, 0) is 6.61 Å². The van der Waals surface area contributed by atoms with Gasteiger partial charge in [-0.15, -0.1) is 0 Å². The summed E-state index contributed by atoms with van der Waals surface area (Å²) >= 11 is 3.26. The summed E-state index contributed by atoms with van der Waals surface area (Å²) in [6.07, 6.45) is 1.92. The molecule has 0 atom stereocenters. The number of hydrogen-bond donors (Lipinski definition) is 0. The Morgan fingerprint density at radius 3 is 2.78 bits per heavy atom. The van der Waals surface area contributed by atoms with Gasteiger partial charge < -0.3 is 4.74 Å². The van der Waals surface area contributed by atoms with E-state index in [-0.39, 0.29) is 5.82 Å². The maximum atomic E-state index is 12.9. The predicted molar refractivity (Wildman–Crippen MR) is 71.0 cm³/mol. The number of hydrogen-bond acceptors (Lipinski definition) is 2. The Bertz CT molecular complexity index is 540. The van der Waals surface area contributed by atoms with Crippen LogP contribution >= 0.6 is 15.9 Å². The van der Waals surface area contributed by atoms with E-state index in [1.165, 1.54) is 12.1 Å². The fourth-order valence-corrected chi connectivity index (χ4v) is 1.95. The Hall–Kier alpha value is -1.36. The van der Waals surface area contributed by atoms with Gasteiger partial charge in [0.25, 0.3) is 0 Å². The Labute approximate surface area is 114 Å². The number of halogens is 2. The van der Waals surface area contributed by atoms with Gasteiger partial charge in [0, 0.05) is 12.2 Å². The van der Waals surface area contributed by atoms with Gasteiger partial charge in [-0.1, -0.05) is 0 Å². The highest BCUT2D eigenvalue weighted by molar-refractivity contribution is 9.10. The summed E-state index contributed by atoms with van der Waals surface area (Å²) in [4.78, 5) is 0. The molecule has 0 spiro atoms. The molecule has 3 nitrogen and oxygen atoms in total. The zero-order valence-corrected chi connectivity index (χ0v) is 11.8. The van der Waals surface area contributed by atoms with Crippen molar-refractivity contribution in [2.24, 2.45) is 0 Å². The van der Waals surface area contributed by atoms with Crippen LogP contribution in [0.15, 0.2) is 34.9 Å². The van der Waals surface area contributed by atoms with E-state index in [0.29, 0.717) is 22.9 Å². The van der Waals surface area contributed by atoms with E-state index in [0.717, 1.165) is 5.69 Å². The molecule has 0 aliphatic rings. The van der Waals surface area contributed by atoms with Crippen molar-refractivity contribution in [1.82, 2.24) is 9.78 Å². The smallest absolute Gasteiger partial charge is 0.134 e. The quantitative estimate of drug-likeness (QED) is 0.855. The van der Waals surface area contributed by atoms with Crippen LogP contribution in [0.4, 0.5) is 4.39 Å². The topological polar surface area (TPSA) is 27.1 Å². The van der Waals surface area contributed by atoms with Gasteiger partial charge in [0.2, 0.25) is 0 Å². The van der Waals surface area contributed by atoms with Gasteiger partial charge >= 0.3 is 0 Å². The first-order valence-electron chi connectivity index (χ1n) is 5.68. The van der Waals surface area contributed by atoms with E-state index >= 15 is 0 Å². The van der Waals surface area contributed by atoms with Crippen LogP contribution in [-0.4, -0.2) is 9.78 Å². The molecule has 0 N–H and O–H groups in total. The third-order valence-electron chi connectivity index (χ3n) is 2.46. The van der Waals surface area contributed by atoms with E-state index in [1.54, 1.807) is 6.07 Å². The van der Waals surface area contributed by atoms with Crippen LogP contribution in [0.2, 0.25) is 0 Å². The Morgan fingerprint density at radius 2 is 2.17 bits per heavy atom. The fourth-order valence-electron chi connectivity index (χ4n) is 1.49. The second-order valence-electron chi connectivity index (χ2n) is 4.24. The van der Waals surface area contributed by atoms with Crippen LogP contribution < -0.4 is 4.74 Å². The van der Waals surface area contributed by atoms with Gasteiger partial charge in [-0.3, -0.25) is 4.68 Å². The van der Waals surface area contributed by atoms with E-state index in [9.17, 15) is 4.39 Å². The van der Waals surface area contributed by atoms with Gasteiger partial charge in [0.1, 0.15) is 18.2 Å².